The number of hydrogen-bond acceptors (Lipinski definition) is 4. The summed E-state index contributed by atoms with van der Waals surface area (Å²) in [6, 6.07) is 7.56. The van der Waals surface area contributed by atoms with Crippen molar-refractivity contribution in [2.45, 2.75) is 52.6 Å². The summed E-state index contributed by atoms with van der Waals surface area (Å²) >= 11 is 0. The van der Waals surface area contributed by atoms with Gasteiger partial charge < -0.3 is 9.64 Å². The van der Waals surface area contributed by atoms with Crippen LogP contribution in [0.15, 0.2) is 24.3 Å². The normalized spacial score (nSPS) is 15.7. The molecule has 1 aliphatic heterocycles. The van der Waals surface area contributed by atoms with Crippen molar-refractivity contribution in [1.82, 2.24) is 9.88 Å². The van der Waals surface area contributed by atoms with E-state index >= 15 is 0 Å². The van der Waals surface area contributed by atoms with Gasteiger partial charge in [0.25, 0.3) is 5.91 Å². The van der Waals surface area contributed by atoms with Gasteiger partial charge in [-0.05, 0) is 51.2 Å². The van der Waals surface area contributed by atoms with E-state index in [0.717, 1.165) is 60.9 Å². The quantitative estimate of drug-likeness (QED) is 0.786. The fourth-order valence-corrected chi connectivity index (χ4v) is 3.61. The third-order valence-corrected chi connectivity index (χ3v) is 5.08. The van der Waals surface area contributed by atoms with Crippen LogP contribution >= 0.6 is 0 Å². The molecule has 0 saturated carbocycles. The highest BCUT2D eigenvalue weighted by Crippen LogP contribution is 2.25. The maximum Gasteiger partial charge on any atom is 0.339 e. The molecule has 0 bridgehead atoms. The molecule has 0 N–H and O–H groups in total. The lowest BCUT2D eigenvalue weighted by atomic mass is 10.0. The standard InChI is InChI=1S/C21H26N2O3/c1-4-17-14(2)19(16-10-6-7-11-18(16)22-17)21(25)26-15(3)20(24)23-12-8-5-9-13-23/h6-7,10-11,15H,4-5,8-9,12-13H2,1-3H3/t15-/m0/s1. The summed E-state index contributed by atoms with van der Waals surface area (Å²) in [5.41, 5.74) is 3.00. The van der Waals surface area contributed by atoms with Gasteiger partial charge >= 0.3 is 5.97 Å². The first kappa shape index (κ1) is 18.4. The zero-order valence-corrected chi connectivity index (χ0v) is 15.7. The fourth-order valence-electron chi connectivity index (χ4n) is 3.61. The molecule has 2 heterocycles. The molecule has 0 unspecified atom stereocenters. The van der Waals surface area contributed by atoms with Gasteiger partial charge in [-0.25, -0.2) is 4.79 Å². The van der Waals surface area contributed by atoms with E-state index in [0.29, 0.717) is 5.56 Å². The van der Waals surface area contributed by atoms with E-state index in [2.05, 4.69) is 4.98 Å². The average molecular weight is 354 g/mol. The number of esters is 1. The number of aryl methyl sites for hydroxylation is 1. The Labute approximate surface area is 154 Å². The van der Waals surface area contributed by atoms with Crippen LogP contribution in [0.2, 0.25) is 0 Å². The number of benzene rings is 1. The molecule has 1 amide bonds. The number of likely N-dealkylation sites (tertiary alicyclic amines) is 1. The highest BCUT2D eigenvalue weighted by Gasteiger charge is 2.27. The first-order chi connectivity index (χ1) is 12.5. The molecule has 1 saturated heterocycles. The summed E-state index contributed by atoms with van der Waals surface area (Å²) in [5.74, 6) is -0.557. The summed E-state index contributed by atoms with van der Waals surface area (Å²) in [4.78, 5) is 31.9. The lowest BCUT2D eigenvalue weighted by molar-refractivity contribution is -0.140. The molecule has 1 fully saturated rings. The van der Waals surface area contributed by atoms with E-state index in [9.17, 15) is 9.59 Å². The lowest BCUT2D eigenvalue weighted by Crippen LogP contribution is -2.42. The molecule has 5 nitrogen and oxygen atoms in total. The Morgan fingerprint density at radius 2 is 1.88 bits per heavy atom. The van der Waals surface area contributed by atoms with Gasteiger partial charge in [-0.3, -0.25) is 9.78 Å². The minimum Gasteiger partial charge on any atom is -0.449 e. The van der Waals surface area contributed by atoms with E-state index in [4.69, 9.17) is 4.74 Å². The number of amides is 1. The van der Waals surface area contributed by atoms with Crippen LogP contribution in [0.1, 0.15) is 54.7 Å². The molecule has 26 heavy (non-hydrogen) atoms. The van der Waals surface area contributed by atoms with Crippen molar-refractivity contribution in [3.63, 3.8) is 0 Å². The van der Waals surface area contributed by atoms with E-state index < -0.39 is 12.1 Å². The zero-order valence-electron chi connectivity index (χ0n) is 15.7. The number of para-hydroxylation sites is 1. The molecule has 1 aromatic heterocycles. The second-order valence-electron chi connectivity index (χ2n) is 6.86. The van der Waals surface area contributed by atoms with Crippen molar-refractivity contribution in [3.05, 3.63) is 41.1 Å². The molecule has 1 aliphatic rings. The summed E-state index contributed by atoms with van der Waals surface area (Å²) < 4.78 is 5.58. The number of nitrogens with zero attached hydrogens (tertiary/aromatic N) is 2. The van der Waals surface area contributed by atoms with Crippen molar-refractivity contribution in [3.8, 4) is 0 Å². The average Bonchev–Trinajstić information content (AvgIpc) is 2.67. The third-order valence-electron chi connectivity index (χ3n) is 5.08. The summed E-state index contributed by atoms with van der Waals surface area (Å²) in [6.45, 7) is 7.07. The lowest BCUT2D eigenvalue weighted by Gasteiger charge is -2.29. The maximum absolute atomic E-state index is 12.9. The predicted octanol–water partition coefficient (Wildman–Crippen LogP) is 3.66. The van der Waals surface area contributed by atoms with E-state index in [1.54, 1.807) is 11.8 Å². The van der Waals surface area contributed by atoms with Crippen LogP contribution < -0.4 is 0 Å². The highest BCUT2D eigenvalue weighted by atomic mass is 16.5. The molecule has 0 radical (unpaired) electrons. The monoisotopic (exact) mass is 354 g/mol. The topological polar surface area (TPSA) is 59.5 Å². The van der Waals surface area contributed by atoms with Crippen LogP contribution in [0.3, 0.4) is 0 Å². The van der Waals surface area contributed by atoms with Crippen molar-refractivity contribution in [2.24, 2.45) is 0 Å². The number of rotatable bonds is 4. The highest BCUT2D eigenvalue weighted by molar-refractivity contribution is 6.05. The first-order valence-electron chi connectivity index (χ1n) is 9.41. The molecule has 138 valence electrons. The molecule has 0 spiro atoms. The number of ether oxygens (including phenoxy) is 1. The van der Waals surface area contributed by atoms with Crippen molar-refractivity contribution in [1.29, 1.82) is 0 Å². The van der Waals surface area contributed by atoms with E-state index in [1.807, 2.05) is 38.1 Å². The maximum atomic E-state index is 12.9. The van der Waals surface area contributed by atoms with Gasteiger partial charge in [0.05, 0.1) is 11.1 Å². The van der Waals surface area contributed by atoms with Gasteiger partial charge in [-0.15, -0.1) is 0 Å². The van der Waals surface area contributed by atoms with Gasteiger partial charge in [0.15, 0.2) is 6.10 Å². The van der Waals surface area contributed by atoms with Crippen LogP contribution in [-0.4, -0.2) is 41.0 Å². The Hall–Kier alpha value is -2.43. The molecular formula is C21H26N2O3. The summed E-state index contributed by atoms with van der Waals surface area (Å²) in [7, 11) is 0. The number of fused-ring (bicyclic) bond motifs is 1. The summed E-state index contributed by atoms with van der Waals surface area (Å²) in [6.07, 6.45) is 3.14. The molecular weight excluding hydrogens is 328 g/mol. The van der Waals surface area contributed by atoms with Crippen molar-refractivity contribution >= 4 is 22.8 Å². The minimum absolute atomic E-state index is 0.107. The van der Waals surface area contributed by atoms with Gasteiger partial charge in [0, 0.05) is 24.2 Å². The molecule has 5 heteroatoms. The number of hydrogen-bond donors (Lipinski definition) is 0. The molecule has 1 aromatic carbocycles. The van der Waals surface area contributed by atoms with Crippen molar-refractivity contribution < 1.29 is 14.3 Å². The Balaban J connectivity index is 1.87. The summed E-state index contributed by atoms with van der Waals surface area (Å²) in [5, 5.41) is 0.768. The Morgan fingerprint density at radius 3 is 2.58 bits per heavy atom. The minimum atomic E-state index is -0.781. The van der Waals surface area contributed by atoms with Crippen LogP contribution in [0.4, 0.5) is 0 Å². The second-order valence-corrected chi connectivity index (χ2v) is 6.86. The fraction of sp³-hybridized carbons (Fsp3) is 0.476. The Kier molecular flexibility index (Phi) is 5.55. The van der Waals surface area contributed by atoms with Gasteiger partial charge in [0.2, 0.25) is 0 Å². The van der Waals surface area contributed by atoms with E-state index in [1.165, 1.54) is 0 Å². The number of piperidine rings is 1. The van der Waals surface area contributed by atoms with Crippen LogP contribution in [0.25, 0.3) is 10.9 Å². The van der Waals surface area contributed by atoms with Gasteiger partial charge in [0.1, 0.15) is 0 Å². The number of carbonyl (C=O) groups is 2. The zero-order chi connectivity index (χ0) is 18.7. The van der Waals surface area contributed by atoms with Crippen LogP contribution in [0, 0.1) is 6.92 Å². The predicted molar refractivity (Wildman–Crippen MR) is 101 cm³/mol. The first-order valence-corrected chi connectivity index (χ1v) is 9.41. The smallest absolute Gasteiger partial charge is 0.339 e. The molecule has 1 atom stereocenters. The van der Waals surface area contributed by atoms with Crippen LogP contribution in [-0.2, 0) is 16.0 Å². The number of aromatic nitrogens is 1. The third kappa shape index (κ3) is 3.57. The SMILES string of the molecule is CCc1nc2ccccc2c(C(=O)O[C@@H](C)C(=O)N2CCCCC2)c1C. The van der Waals surface area contributed by atoms with Gasteiger partial charge in [-0.1, -0.05) is 25.1 Å². The second kappa shape index (κ2) is 7.85. The molecule has 2 aromatic rings. The largest absolute Gasteiger partial charge is 0.449 e. The van der Waals surface area contributed by atoms with Crippen LogP contribution in [0.5, 0.6) is 0 Å². The number of carbonyl (C=O) groups excluding carboxylic acids is 2. The Bertz CT molecular complexity index is 825. The number of pyridine rings is 1. The molecule has 0 aliphatic carbocycles. The van der Waals surface area contributed by atoms with Gasteiger partial charge in [-0.2, -0.15) is 0 Å². The van der Waals surface area contributed by atoms with E-state index in [-0.39, 0.29) is 5.91 Å². The molecule has 3 rings (SSSR count). The Morgan fingerprint density at radius 1 is 1.19 bits per heavy atom. The van der Waals surface area contributed by atoms with Crippen molar-refractivity contribution in [2.75, 3.05) is 13.1 Å².